The zero-order valence-electron chi connectivity index (χ0n) is 6.14. The molecule has 0 aromatic carbocycles. The van der Waals surface area contributed by atoms with Crippen molar-refractivity contribution < 1.29 is 13.2 Å². The molecule has 1 nitrogen and oxygen atoms in total. The van der Waals surface area contributed by atoms with Crippen molar-refractivity contribution >= 4 is 11.9 Å². The third-order valence-corrected chi connectivity index (χ3v) is 2.26. The molecule has 1 unspecified atom stereocenters. The Labute approximate surface area is 72.6 Å². The SMILES string of the molecule is NSC1C=CC(C(F)(F)F)=CC1. The molecule has 0 fully saturated rings. The van der Waals surface area contributed by atoms with Gasteiger partial charge in [-0.1, -0.05) is 30.2 Å². The van der Waals surface area contributed by atoms with Crippen molar-refractivity contribution in [2.75, 3.05) is 0 Å². The lowest BCUT2D eigenvalue weighted by molar-refractivity contribution is -0.0885. The molecule has 0 aromatic rings. The first-order valence-electron chi connectivity index (χ1n) is 3.35. The summed E-state index contributed by atoms with van der Waals surface area (Å²) in [7, 11) is 0. The second kappa shape index (κ2) is 3.53. The molecular formula is C7H8F3NS. The van der Waals surface area contributed by atoms with Crippen molar-refractivity contribution in [2.24, 2.45) is 5.14 Å². The van der Waals surface area contributed by atoms with Crippen LogP contribution in [0.2, 0.25) is 0 Å². The number of halogens is 3. The lowest BCUT2D eigenvalue weighted by Gasteiger charge is -2.15. The van der Waals surface area contributed by atoms with E-state index >= 15 is 0 Å². The van der Waals surface area contributed by atoms with Crippen molar-refractivity contribution in [3.05, 3.63) is 23.8 Å². The van der Waals surface area contributed by atoms with Crippen molar-refractivity contribution in [3.8, 4) is 0 Å². The predicted octanol–water partition coefficient (Wildman–Crippen LogP) is 2.41. The molecule has 2 N–H and O–H groups in total. The Morgan fingerprint density at radius 1 is 1.50 bits per heavy atom. The van der Waals surface area contributed by atoms with Gasteiger partial charge in [0.25, 0.3) is 0 Å². The van der Waals surface area contributed by atoms with Crippen molar-refractivity contribution in [1.29, 1.82) is 0 Å². The van der Waals surface area contributed by atoms with Gasteiger partial charge in [0, 0.05) is 5.25 Å². The summed E-state index contributed by atoms with van der Waals surface area (Å²) in [6.45, 7) is 0. The van der Waals surface area contributed by atoms with Gasteiger partial charge < -0.3 is 0 Å². The predicted molar refractivity (Wildman–Crippen MR) is 43.5 cm³/mol. The Morgan fingerprint density at radius 3 is 2.50 bits per heavy atom. The average molecular weight is 195 g/mol. The van der Waals surface area contributed by atoms with E-state index in [1.54, 1.807) is 0 Å². The maximum absolute atomic E-state index is 12.0. The summed E-state index contributed by atoms with van der Waals surface area (Å²) < 4.78 is 36.0. The minimum Gasteiger partial charge on any atom is -0.277 e. The molecule has 0 amide bonds. The van der Waals surface area contributed by atoms with E-state index in [9.17, 15) is 13.2 Å². The highest BCUT2D eigenvalue weighted by Gasteiger charge is 2.32. The Kier molecular flexibility index (Phi) is 2.85. The molecule has 0 spiro atoms. The van der Waals surface area contributed by atoms with E-state index in [1.165, 1.54) is 12.2 Å². The second-order valence-corrected chi connectivity index (χ2v) is 3.30. The van der Waals surface area contributed by atoms with Crippen molar-refractivity contribution in [3.63, 3.8) is 0 Å². The molecule has 0 saturated heterocycles. The van der Waals surface area contributed by atoms with E-state index in [-0.39, 0.29) is 5.25 Å². The fraction of sp³-hybridized carbons (Fsp3) is 0.429. The number of alkyl halides is 3. The number of allylic oxidation sites excluding steroid dienone is 3. The van der Waals surface area contributed by atoms with Crippen LogP contribution in [0.25, 0.3) is 0 Å². The largest absolute Gasteiger partial charge is 0.416 e. The standard InChI is InChI=1S/C7H8F3NS/c8-7(9,10)5-1-3-6(12-11)4-2-5/h1-3,6H,4,11H2. The minimum atomic E-state index is -4.22. The van der Waals surface area contributed by atoms with E-state index in [0.29, 0.717) is 6.42 Å². The molecule has 1 atom stereocenters. The third-order valence-electron chi connectivity index (χ3n) is 1.56. The molecule has 5 heteroatoms. The van der Waals surface area contributed by atoms with Crippen LogP contribution in [0, 0.1) is 0 Å². The van der Waals surface area contributed by atoms with Crippen LogP contribution in [0.3, 0.4) is 0 Å². The molecule has 0 saturated carbocycles. The molecule has 0 radical (unpaired) electrons. The molecule has 68 valence electrons. The molecule has 1 aliphatic rings. The van der Waals surface area contributed by atoms with Crippen LogP contribution in [-0.2, 0) is 0 Å². The Bertz CT molecular complexity index is 219. The van der Waals surface area contributed by atoms with Crippen LogP contribution in [0.1, 0.15) is 6.42 Å². The van der Waals surface area contributed by atoms with E-state index < -0.39 is 11.7 Å². The minimum absolute atomic E-state index is 0.0175. The fourth-order valence-electron chi connectivity index (χ4n) is 0.912. The monoisotopic (exact) mass is 195 g/mol. The second-order valence-electron chi connectivity index (χ2n) is 2.43. The molecular weight excluding hydrogens is 187 g/mol. The lowest BCUT2D eigenvalue weighted by atomic mass is 10.1. The molecule has 0 aromatic heterocycles. The summed E-state index contributed by atoms with van der Waals surface area (Å²) in [6, 6.07) is 0. The van der Waals surface area contributed by atoms with Crippen molar-refractivity contribution in [2.45, 2.75) is 17.8 Å². The number of rotatable bonds is 1. The Hall–Kier alpha value is -0.420. The number of hydrogen-bond donors (Lipinski definition) is 1. The van der Waals surface area contributed by atoms with Gasteiger partial charge in [0.2, 0.25) is 0 Å². The molecule has 0 bridgehead atoms. The van der Waals surface area contributed by atoms with E-state index in [2.05, 4.69) is 0 Å². The maximum Gasteiger partial charge on any atom is 0.416 e. The smallest absolute Gasteiger partial charge is 0.277 e. The van der Waals surface area contributed by atoms with Gasteiger partial charge in [0.1, 0.15) is 0 Å². The van der Waals surface area contributed by atoms with Gasteiger partial charge >= 0.3 is 6.18 Å². The first kappa shape index (κ1) is 9.67. The van der Waals surface area contributed by atoms with Gasteiger partial charge in [0.15, 0.2) is 0 Å². The Balaban J connectivity index is 2.64. The summed E-state index contributed by atoms with van der Waals surface area (Å²) in [4.78, 5) is 0. The first-order chi connectivity index (χ1) is 5.54. The van der Waals surface area contributed by atoms with E-state index in [1.807, 2.05) is 0 Å². The zero-order valence-corrected chi connectivity index (χ0v) is 6.95. The number of nitrogens with two attached hydrogens (primary N) is 1. The summed E-state index contributed by atoms with van der Waals surface area (Å²) >= 11 is 1.06. The van der Waals surface area contributed by atoms with Gasteiger partial charge in [-0.05, 0) is 6.42 Å². The summed E-state index contributed by atoms with van der Waals surface area (Å²) in [5.74, 6) is 0. The van der Waals surface area contributed by atoms with Gasteiger partial charge in [-0.2, -0.15) is 13.2 Å². The van der Waals surface area contributed by atoms with Crippen LogP contribution in [0.4, 0.5) is 13.2 Å². The maximum atomic E-state index is 12.0. The highest BCUT2D eigenvalue weighted by atomic mass is 32.2. The topological polar surface area (TPSA) is 26.0 Å². The van der Waals surface area contributed by atoms with E-state index in [4.69, 9.17) is 5.14 Å². The van der Waals surface area contributed by atoms with Gasteiger partial charge in [-0.3, -0.25) is 5.14 Å². The molecule has 0 aliphatic heterocycles. The fourth-order valence-corrected chi connectivity index (χ4v) is 1.29. The van der Waals surface area contributed by atoms with Crippen LogP contribution in [-0.4, -0.2) is 11.4 Å². The van der Waals surface area contributed by atoms with Gasteiger partial charge in [0.05, 0.1) is 5.57 Å². The molecule has 12 heavy (non-hydrogen) atoms. The summed E-state index contributed by atoms with van der Waals surface area (Å²) in [5.41, 5.74) is -0.576. The van der Waals surface area contributed by atoms with Gasteiger partial charge in [-0.15, -0.1) is 0 Å². The van der Waals surface area contributed by atoms with Crippen LogP contribution in [0.15, 0.2) is 23.8 Å². The normalized spacial score (nSPS) is 24.0. The van der Waals surface area contributed by atoms with E-state index in [0.717, 1.165) is 18.0 Å². The summed E-state index contributed by atoms with van der Waals surface area (Å²) in [5, 5.41) is 5.20. The lowest BCUT2D eigenvalue weighted by Crippen LogP contribution is -2.14. The summed E-state index contributed by atoms with van der Waals surface area (Å²) in [6.07, 6.45) is -0.140. The first-order valence-corrected chi connectivity index (χ1v) is 4.29. The third kappa shape index (κ3) is 2.28. The highest BCUT2D eigenvalue weighted by Crippen LogP contribution is 2.30. The zero-order chi connectivity index (χ0) is 9.19. The quantitative estimate of drug-likeness (QED) is 0.650. The Morgan fingerprint density at radius 2 is 2.17 bits per heavy atom. The highest BCUT2D eigenvalue weighted by molar-refractivity contribution is 7.97. The molecule has 0 heterocycles. The van der Waals surface area contributed by atoms with Crippen LogP contribution < -0.4 is 5.14 Å². The molecule has 1 rings (SSSR count). The number of hydrogen-bond acceptors (Lipinski definition) is 2. The average Bonchev–Trinajstić information content (AvgIpc) is 2.03. The van der Waals surface area contributed by atoms with Crippen LogP contribution in [0.5, 0.6) is 0 Å². The van der Waals surface area contributed by atoms with Crippen molar-refractivity contribution in [1.82, 2.24) is 0 Å². The van der Waals surface area contributed by atoms with Crippen LogP contribution >= 0.6 is 11.9 Å². The van der Waals surface area contributed by atoms with Gasteiger partial charge in [-0.25, -0.2) is 0 Å². The molecule has 1 aliphatic carbocycles.